The molecule has 4 heteroatoms. The molecule has 4 nitrogen and oxygen atoms in total. The van der Waals surface area contributed by atoms with Gasteiger partial charge in [-0.05, 0) is 31.2 Å². The van der Waals surface area contributed by atoms with Gasteiger partial charge in [0, 0.05) is 50.7 Å². The number of hydrogen-bond acceptors (Lipinski definition) is 4. The molecule has 0 aromatic heterocycles. The fourth-order valence-electron chi connectivity index (χ4n) is 2.25. The number of nitrogen functional groups attached to an aromatic ring is 1. The second kappa shape index (κ2) is 6.61. The van der Waals surface area contributed by atoms with E-state index in [0.717, 1.165) is 51.6 Å². The third-order valence-corrected chi connectivity index (χ3v) is 3.39. The first-order valence-corrected chi connectivity index (χ1v) is 6.70. The molecule has 1 aliphatic heterocycles. The normalized spacial score (nSPS) is 17.1. The van der Waals surface area contributed by atoms with Gasteiger partial charge in [-0.15, -0.1) is 0 Å². The van der Waals surface area contributed by atoms with E-state index in [1.54, 1.807) is 0 Å². The predicted molar refractivity (Wildman–Crippen MR) is 76.0 cm³/mol. The number of hydrogen-bond donors (Lipinski definition) is 1. The van der Waals surface area contributed by atoms with E-state index in [4.69, 9.17) is 10.5 Å². The van der Waals surface area contributed by atoms with Crippen LogP contribution in [0.15, 0.2) is 24.3 Å². The van der Waals surface area contributed by atoms with Crippen LogP contribution in [-0.4, -0.2) is 50.8 Å². The lowest BCUT2D eigenvalue weighted by atomic mass is 10.2. The molecule has 0 amide bonds. The van der Waals surface area contributed by atoms with Crippen LogP contribution in [0.2, 0.25) is 0 Å². The molecule has 0 radical (unpaired) electrons. The molecule has 1 heterocycles. The van der Waals surface area contributed by atoms with Crippen molar-refractivity contribution in [1.82, 2.24) is 4.90 Å². The van der Waals surface area contributed by atoms with Crippen molar-refractivity contribution in [2.75, 3.05) is 56.6 Å². The zero-order valence-electron chi connectivity index (χ0n) is 11.1. The minimum atomic E-state index is 0.811. The highest BCUT2D eigenvalue weighted by molar-refractivity contribution is 5.53. The summed E-state index contributed by atoms with van der Waals surface area (Å²) in [7, 11) is 0. The number of rotatable bonds is 5. The van der Waals surface area contributed by atoms with Gasteiger partial charge in [0.2, 0.25) is 0 Å². The van der Waals surface area contributed by atoms with E-state index in [9.17, 15) is 0 Å². The zero-order valence-corrected chi connectivity index (χ0v) is 11.1. The van der Waals surface area contributed by atoms with E-state index < -0.39 is 0 Å². The lowest BCUT2D eigenvalue weighted by Crippen LogP contribution is -2.47. The molecule has 0 unspecified atom stereocenters. The van der Waals surface area contributed by atoms with E-state index in [1.807, 2.05) is 19.1 Å². The molecule has 2 rings (SSSR count). The molecular weight excluding hydrogens is 226 g/mol. The Bertz CT molecular complexity index is 345. The number of benzene rings is 1. The zero-order chi connectivity index (χ0) is 12.8. The van der Waals surface area contributed by atoms with Crippen molar-refractivity contribution in [1.29, 1.82) is 0 Å². The summed E-state index contributed by atoms with van der Waals surface area (Å²) in [6, 6.07) is 8.14. The van der Waals surface area contributed by atoms with E-state index in [2.05, 4.69) is 21.9 Å². The average Bonchev–Trinajstić information content (AvgIpc) is 2.41. The molecule has 0 spiro atoms. The summed E-state index contributed by atoms with van der Waals surface area (Å²) in [5, 5.41) is 0. The standard InChI is InChI=1S/C14H23N3O/c1-2-18-12-11-16-7-9-17(10-8-16)14-5-3-13(15)4-6-14/h3-6H,2,7-12,15H2,1H3. The Morgan fingerprint density at radius 3 is 2.39 bits per heavy atom. The summed E-state index contributed by atoms with van der Waals surface area (Å²) in [4.78, 5) is 4.88. The first-order chi connectivity index (χ1) is 8.79. The molecular formula is C14H23N3O. The molecule has 0 bridgehead atoms. The Balaban J connectivity index is 1.77. The van der Waals surface area contributed by atoms with Crippen molar-refractivity contribution in [3.8, 4) is 0 Å². The molecule has 1 aromatic rings. The van der Waals surface area contributed by atoms with Crippen LogP contribution in [0.5, 0.6) is 0 Å². The van der Waals surface area contributed by atoms with Gasteiger partial charge in [0.1, 0.15) is 0 Å². The number of nitrogens with zero attached hydrogens (tertiary/aromatic N) is 2. The topological polar surface area (TPSA) is 41.7 Å². The van der Waals surface area contributed by atoms with E-state index in [-0.39, 0.29) is 0 Å². The van der Waals surface area contributed by atoms with Gasteiger partial charge < -0.3 is 15.4 Å². The first kappa shape index (κ1) is 13.2. The lowest BCUT2D eigenvalue weighted by Gasteiger charge is -2.36. The Kier molecular flexibility index (Phi) is 4.84. The summed E-state index contributed by atoms with van der Waals surface area (Å²) in [5.74, 6) is 0. The van der Waals surface area contributed by atoms with Crippen LogP contribution in [0.25, 0.3) is 0 Å². The summed E-state index contributed by atoms with van der Waals surface area (Å²) in [5.41, 5.74) is 7.81. The number of piperazine rings is 1. The number of nitrogens with two attached hydrogens (primary N) is 1. The van der Waals surface area contributed by atoms with Crippen molar-refractivity contribution in [3.63, 3.8) is 0 Å². The van der Waals surface area contributed by atoms with Gasteiger partial charge in [-0.2, -0.15) is 0 Å². The Morgan fingerprint density at radius 2 is 1.78 bits per heavy atom. The summed E-state index contributed by atoms with van der Waals surface area (Å²) >= 11 is 0. The number of anilines is 2. The Labute approximate surface area is 109 Å². The molecule has 100 valence electrons. The molecule has 0 aliphatic carbocycles. The quantitative estimate of drug-likeness (QED) is 0.633. The van der Waals surface area contributed by atoms with E-state index >= 15 is 0 Å². The SMILES string of the molecule is CCOCCN1CCN(c2ccc(N)cc2)CC1. The summed E-state index contributed by atoms with van der Waals surface area (Å²) in [6.45, 7) is 9.12. The maximum atomic E-state index is 5.71. The monoisotopic (exact) mass is 249 g/mol. The van der Waals surface area contributed by atoms with Crippen LogP contribution in [0.3, 0.4) is 0 Å². The maximum Gasteiger partial charge on any atom is 0.0593 e. The Hall–Kier alpha value is -1.26. The highest BCUT2D eigenvalue weighted by atomic mass is 16.5. The molecule has 18 heavy (non-hydrogen) atoms. The third-order valence-electron chi connectivity index (χ3n) is 3.39. The first-order valence-electron chi connectivity index (χ1n) is 6.70. The fourth-order valence-corrected chi connectivity index (χ4v) is 2.25. The molecule has 1 saturated heterocycles. The minimum Gasteiger partial charge on any atom is -0.399 e. The lowest BCUT2D eigenvalue weighted by molar-refractivity contribution is 0.111. The van der Waals surface area contributed by atoms with Gasteiger partial charge in [0.05, 0.1) is 6.61 Å². The molecule has 0 atom stereocenters. The highest BCUT2D eigenvalue weighted by Gasteiger charge is 2.16. The van der Waals surface area contributed by atoms with Crippen molar-refractivity contribution < 1.29 is 4.74 Å². The molecule has 1 fully saturated rings. The fraction of sp³-hybridized carbons (Fsp3) is 0.571. The van der Waals surface area contributed by atoms with E-state index in [0.29, 0.717) is 0 Å². The second-order valence-electron chi connectivity index (χ2n) is 4.62. The summed E-state index contributed by atoms with van der Waals surface area (Å²) in [6.07, 6.45) is 0. The van der Waals surface area contributed by atoms with Crippen molar-refractivity contribution in [3.05, 3.63) is 24.3 Å². The largest absolute Gasteiger partial charge is 0.399 e. The molecule has 1 aromatic carbocycles. The summed E-state index contributed by atoms with van der Waals surface area (Å²) < 4.78 is 5.39. The predicted octanol–water partition coefficient (Wildman–Crippen LogP) is 1.43. The van der Waals surface area contributed by atoms with Gasteiger partial charge in [-0.1, -0.05) is 0 Å². The van der Waals surface area contributed by atoms with Gasteiger partial charge in [0.25, 0.3) is 0 Å². The smallest absolute Gasteiger partial charge is 0.0593 e. The van der Waals surface area contributed by atoms with Crippen molar-refractivity contribution in [2.24, 2.45) is 0 Å². The molecule has 1 aliphatic rings. The minimum absolute atomic E-state index is 0.811. The van der Waals surface area contributed by atoms with Crippen molar-refractivity contribution in [2.45, 2.75) is 6.92 Å². The second-order valence-corrected chi connectivity index (χ2v) is 4.62. The van der Waals surface area contributed by atoms with Crippen LogP contribution in [0, 0.1) is 0 Å². The van der Waals surface area contributed by atoms with Crippen LogP contribution in [-0.2, 0) is 4.74 Å². The van der Waals surface area contributed by atoms with Crippen LogP contribution >= 0.6 is 0 Å². The van der Waals surface area contributed by atoms with Crippen LogP contribution < -0.4 is 10.6 Å². The van der Waals surface area contributed by atoms with Crippen molar-refractivity contribution >= 4 is 11.4 Å². The molecule has 2 N–H and O–H groups in total. The third kappa shape index (κ3) is 3.62. The van der Waals surface area contributed by atoms with Gasteiger partial charge in [-0.25, -0.2) is 0 Å². The van der Waals surface area contributed by atoms with Crippen LogP contribution in [0.1, 0.15) is 6.92 Å². The highest BCUT2D eigenvalue weighted by Crippen LogP contribution is 2.17. The van der Waals surface area contributed by atoms with E-state index in [1.165, 1.54) is 5.69 Å². The molecule has 0 saturated carbocycles. The van der Waals surface area contributed by atoms with Crippen LogP contribution in [0.4, 0.5) is 11.4 Å². The number of ether oxygens (including phenoxy) is 1. The van der Waals surface area contributed by atoms with Gasteiger partial charge in [-0.3, -0.25) is 4.90 Å². The maximum absolute atomic E-state index is 5.71. The Morgan fingerprint density at radius 1 is 1.11 bits per heavy atom. The van der Waals surface area contributed by atoms with Gasteiger partial charge in [0.15, 0.2) is 0 Å². The van der Waals surface area contributed by atoms with Gasteiger partial charge >= 0.3 is 0 Å². The average molecular weight is 249 g/mol.